The third kappa shape index (κ3) is 3.61. The summed E-state index contributed by atoms with van der Waals surface area (Å²) < 4.78 is 5.40. The van der Waals surface area contributed by atoms with Gasteiger partial charge < -0.3 is 4.74 Å². The van der Waals surface area contributed by atoms with E-state index in [1.807, 2.05) is 55.5 Å². The zero-order valence-electron chi connectivity index (χ0n) is 12.8. The maximum atomic E-state index is 12.4. The van der Waals surface area contributed by atoms with Crippen molar-refractivity contribution in [3.8, 4) is 11.4 Å². The van der Waals surface area contributed by atoms with E-state index in [4.69, 9.17) is 4.74 Å². The SMILES string of the molecule is Cc1cccc(-c2ncccc2C(=O)OCc2ccccc2)n1. The van der Waals surface area contributed by atoms with Crippen molar-refractivity contribution >= 4 is 5.97 Å². The van der Waals surface area contributed by atoms with Gasteiger partial charge in [-0.15, -0.1) is 0 Å². The Morgan fingerprint density at radius 3 is 2.61 bits per heavy atom. The van der Waals surface area contributed by atoms with Crippen LogP contribution in [0.5, 0.6) is 0 Å². The molecule has 0 bridgehead atoms. The standard InChI is InChI=1S/C19H16N2O2/c1-14-7-5-11-17(21-14)18-16(10-6-12-20-18)19(22)23-13-15-8-3-2-4-9-15/h2-12H,13H2,1H3. The van der Waals surface area contributed by atoms with Crippen molar-refractivity contribution in [2.45, 2.75) is 13.5 Å². The number of esters is 1. The molecule has 1 aromatic carbocycles. The summed E-state index contributed by atoms with van der Waals surface area (Å²) in [6.45, 7) is 2.13. The van der Waals surface area contributed by atoms with Gasteiger partial charge in [-0.1, -0.05) is 36.4 Å². The van der Waals surface area contributed by atoms with Gasteiger partial charge in [0.25, 0.3) is 0 Å². The summed E-state index contributed by atoms with van der Waals surface area (Å²) in [6.07, 6.45) is 1.65. The molecule has 0 unspecified atom stereocenters. The van der Waals surface area contributed by atoms with Crippen LogP contribution < -0.4 is 0 Å². The molecule has 0 aliphatic carbocycles. The highest BCUT2D eigenvalue weighted by molar-refractivity contribution is 5.95. The van der Waals surface area contributed by atoms with Crippen LogP contribution in [-0.2, 0) is 11.3 Å². The van der Waals surface area contributed by atoms with Gasteiger partial charge in [0, 0.05) is 11.9 Å². The van der Waals surface area contributed by atoms with Crippen molar-refractivity contribution < 1.29 is 9.53 Å². The van der Waals surface area contributed by atoms with Gasteiger partial charge in [0.15, 0.2) is 0 Å². The molecule has 114 valence electrons. The maximum absolute atomic E-state index is 12.4. The lowest BCUT2D eigenvalue weighted by Gasteiger charge is -2.09. The normalized spacial score (nSPS) is 10.3. The van der Waals surface area contributed by atoms with E-state index < -0.39 is 5.97 Å². The van der Waals surface area contributed by atoms with Crippen molar-refractivity contribution in [1.82, 2.24) is 9.97 Å². The smallest absolute Gasteiger partial charge is 0.340 e. The van der Waals surface area contributed by atoms with Crippen LogP contribution in [0.15, 0.2) is 66.9 Å². The Morgan fingerprint density at radius 1 is 1.00 bits per heavy atom. The lowest BCUT2D eigenvalue weighted by atomic mass is 10.1. The van der Waals surface area contributed by atoms with Gasteiger partial charge in [-0.2, -0.15) is 0 Å². The fourth-order valence-corrected chi connectivity index (χ4v) is 2.25. The first-order chi connectivity index (χ1) is 11.2. The summed E-state index contributed by atoms with van der Waals surface area (Å²) in [7, 11) is 0. The highest BCUT2D eigenvalue weighted by Crippen LogP contribution is 2.20. The van der Waals surface area contributed by atoms with Crippen LogP contribution in [0.3, 0.4) is 0 Å². The summed E-state index contributed by atoms with van der Waals surface area (Å²) in [5.74, 6) is -0.403. The first-order valence-electron chi connectivity index (χ1n) is 7.34. The number of nitrogens with zero attached hydrogens (tertiary/aromatic N) is 2. The number of pyridine rings is 2. The molecule has 0 atom stereocenters. The Balaban J connectivity index is 1.84. The van der Waals surface area contributed by atoms with Gasteiger partial charge in [0.05, 0.1) is 11.3 Å². The molecule has 0 aliphatic heterocycles. The molecule has 0 amide bonds. The van der Waals surface area contributed by atoms with E-state index in [0.29, 0.717) is 17.0 Å². The molecule has 0 saturated heterocycles. The number of hydrogen-bond acceptors (Lipinski definition) is 4. The molecule has 2 heterocycles. The Kier molecular flexibility index (Phi) is 4.43. The fourth-order valence-electron chi connectivity index (χ4n) is 2.25. The Bertz CT molecular complexity index is 816. The van der Waals surface area contributed by atoms with Gasteiger partial charge in [0.1, 0.15) is 12.3 Å². The molecule has 0 radical (unpaired) electrons. The Labute approximate surface area is 134 Å². The molecule has 23 heavy (non-hydrogen) atoms. The number of aryl methyl sites for hydroxylation is 1. The molecule has 2 aromatic heterocycles. The molecule has 3 aromatic rings. The highest BCUT2D eigenvalue weighted by Gasteiger charge is 2.16. The summed E-state index contributed by atoms with van der Waals surface area (Å²) in [6, 6.07) is 18.6. The highest BCUT2D eigenvalue weighted by atomic mass is 16.5. The topological polar surface area (TPSA) is 52.1 Å². The van der Waals surface area contributed by atoms with Crippen LogP contribution in [-0.4, -0.2) is 15.9 Å². The van der Waals surface area contributed by atoms with Crippen molar-refractivity contribution in [1.29, 1.82) is 0 Å². The molecule has 0 aliphatic rings. The van der Waals surface area contributed by atoms with E-state index in [1.54, 1.807) is 18.3 Å². The Morgan fingerprint density at radius 2 is 1.83 bits per heavy atom. The molecule has 0 saturated carbocycles. The molecular weight excluding hydrogens is 288 g/mol. The van der Waals surface area contributed by atoms with Crippen molar-refractivity contribution in [3.05, 3.63) is 83.7 Å². The number of carbonyl (C=O) groups is 1. The molecule has 0 fully saturated rings. The number of aromatic nitrogens is 2. The van der Waals surface area contributed by atoms with Crippen LogP contribution >= 0.6 is 0 Å². The third-order valence-electron chi connectivity index (χ3n) is 3.37. The average Bonchev–Trinajstić information content (AvgIpc) is 2.60. The van der Waals surface area contributed by atoms with E-state index >= 15 is 0 Å². The zero-order valence-corrected chi connectivity index (χ0v) is 12.8. The monoisotopic (exact) mass is 304 g/mol. The van der Waals surface area contributed by atoms with Gasteiger partial charge >= 0.3 is 5.97 Å². The quantitative estimate of drug-likeness (QED) is 0.688. The molecule has 3 rings (SSSR count). The average molecular weight is 304 g/mol. The van der Waals surface area contributed by atoms with E-state index in [1.165, 1.54) is 0 Å². The second-order valence-corrected chi connectivity index (χ2v) is 5.13. The van der Waals surface area contributed by atoms with Crippen LogP contribution in [0.4, 0.5) is 0 Å². The van der Waals surface area contributed by atoms with Crippen LogP contribution in [0.2, 0.25) is 0 Å². The van der Waals surface area contributed by atoms with Gasteiger partial charge in [-0.3, -0.25) is 9.97 Å². The van der Waals surface area contributed by atoms with Crippen molar-refractivity contribution in [3.63, 3.8) is 0 Å². The molecule has 0 N–H and O–H groups in total. The summed E-state index contributed by atoms with van der Waals surface area (Å²) in [4.78, 5) is 21.1. The molecule has 4 heteroatoms. The van der Waals surface area contributed by atoms with Crippen molar-refractivity contribution in [2.75, 3.05) is 0 Å². The number of ether oxygens (including phenoxy) is 1. The number of rotatable bonds is 4. The lowest BCUT2D eigenvalue weighted by Crippen LogP contribution is -2.08. The fraction of sp³-hybridized carbons (Fsp3) is 0.105. The first kappa shape index (κ1) is 14.9. The van der Waals surface area contributed by atoms with Crippen molar-refractivity contribution in [2.24, 2.45) is 0 Å². The predicted molar refractivity (Wildman–Crippen MR) is 87.8 cm³/mol. The van der Waals surface area contributed by atoms with Gasteiger partial charge in [-0.25, -0.2) is 4.79 Å². The van der Waals surface area contributed by atoms with Crippen LogP contribution in [0.25, 0.3) is 11.4 Å². The molecule has 4 nitrogen and oxygen atoms in total. The van der Waals surface area contributed by atoms with E-state index in [9.17, 15) is 4.79 Å². The van der Waals surface area contributed by atoms with Gasteiger partial charge in [-0.05, 0) is 36.8 Å². The minimum absolute atomic E-state index is 0.231. The number of benzene rings is 1. The minimum Gasteiger partial charge on any atom is -0.457 e. The summed E-state index contributed by atoms with van der Waals surface area (Å²) in [5.41, 5.74) is 3.43. The summed E-state index contributed by atoms with van der Waals surface area (Å²) >= 11 is 0. The molecular formula is C19H16N2O2. The van der Waals surface area contributed by atoms with E-state index in [2.05, 4.69) is 9.97 Å². The van der Waals surface area contributed by atoms with E-state index in [0.717, 1.165) is 11.3 Å². The molecule has 0 spiro atoms. The van der Waals surface area contributed by atoms with Crippen LogP contribution in [0, 0.1) is 6.92 Å². The van der Waals surface area contributed by atoms with Gasteiger partial charge in [0.2, 0.25) is 0 Å². The predicted octanol–water partition coefficient (Wildman–Crippen LogP) is 3.81. The number of hydrogen-bond donors (Lipinski definition) is 0. The lowest BCUT2D eigenvalue weighted by molar-refractivity contribution is 0.0473. The largest absolute Gasteiger partial charge is 0.457 e. The third-order valence-corrected chi connectivity index (χ3v) is 3.37. The second-order valence-electron chi connectivity index (χ2n) is 5.13. The Hall–Kier alpha value is -3.01. The van der Waals surface area contributed by atoms with E-state index in [-0.39, 0.29) is 6.61 Å². The second kappa shape index (κ2) is 6.83. The van der Waals surface area contributed by atoms with Crippen LogP contribution in [0.1, 0.15) is 21.6 Å². The minimum atomic E-state index is -0.403. The maximum Gasteiger partial charge on any atom is 0.340 e. The zero-order chi connectivity index (χ0) is 16.1. The first-order valence-corrected chi connectivity index (χ1v) is 7.34. The summed E-state index contributed by atoms with van der Waals surface area (Å²) in [5, 5.41) is 0. The number of carbonyl (C=O) groups excluding carboxylic acids is 1.